The predicted octanol–water partition coefficient (Wildman–Crippen LogP) is 9.08. The summed E-state index contributed by atoms with van der Waals surface area (Å²) in [6, 6.07) is 29.3. The number of ether oxygens (including phenoxy) is 3. The number of aliphatic hydroxyl groups is 1. The monoisotopic (exact) mass is 698 g/mol. The second-order valence-electron chi connectivity index (χ2n) is 15.5. The van der Waals surface area contributed by atoms with Gasteiger partial charge in [0, 0.05) is 28.9 Å². The highest BCUT2D eigenvalue weighted by molar-refractivity contribution is 6.13. The zero-order valence-electron chi connectivity index (χ0n) is 30.2. The van der Waals surface area contributed by atoms with Gasteiger partial charge in [0.15, 0.2) is 17.1 Å². The van der Waals surface area contributed by atoms with Gasteiger partial charge in [0.1, 0.15) is 11.5 Å². The van der Waals surface area contributed by atoms with E-state index in [1.54, 1.807) is 78.1 Å². The van der Waals surface area contributed by atoms with E-state index in [2.05, 4.69) is 0 Å². The molecule has 4 aromatic carbocycles. The first kappa shape index (κ1) is 35.0. The highest BCUT2D eigenvalue weighted by atomic mass is 16.6. The number of para-hydroxylation sites is 1. The summed E-state index contributed by atoms with van der Waals surface area (Å²) in [5.41, 5.74) is 0.0928. The minimum atomic E-state index is -1.50. The molecule has 8 heteroatoms. The molecular weight excluding hydrogens is 656 g/mol. The lowest BCUT2D eigenvalue weighted by Crippen LogP contribution is -2.42. The van der Waals surface area contributed by atoms with E-state index in [-0.39, 0.29) is 18.8 Å². The van der Waals surface area contributed by atoms with Crippen LogP contribution in [0.4, 0.5) is 0 Å². The number of fused-ring (bicyclic) bond motifs is 4. The van der Waals surface area contributed by atoms with Crippen molar-refractivity contribution in [2.75, 3.05) is 6.61 Å². The van der Waals surface area contributed by atoms with Crippen molar-refractivity contribution in [2.24, 2.45) is 10.8 Å². The maximum atomic E-state index is 14.0. The molecule has 0 bridgehead atoms. The van der Waals surface area contributed by atoms with E-state index in [1.807, 2.05) is 66.7 Å². The molecule has 8 nitrogen and oxygen atoms in total. The number of hydrogen-bond donors (Lipinski definition) is 1. The molecule has 1 aliphatic carbocycles. The van der Waals surface area contributed by atoms with Gasteiger partial charge in [-0.3, -0.25) is 14.4 Å². The first-order valence-corrected chi connectivity index (χ1v) is 17.5. The van der Waals surface area contributed by atoms with Crippen molar-refractivity contribution in [3.63, 3.8) is 0 Å². The van der Waals surface area contributed by atoms with Gasteiger partial charge in [-0.2, -0.15) is 0 Å². The number of ketones is 1. The standard InChI is InChI=1S/C44H42O8/c1-41(2,3)39(47)51-43(22-12-23-45)31-14-8-7-13-29(31)38(46)30-20-18-27(25-33(30)43)28-19-21-36-34(26-28)44(37-17-11-24-49-37,52-40(48)42(4,5)6)32-15-9-10-16-35(32)50-36/h7-11,13-21,24-26,45H,12,22-23H2,1-6H3. The van der Waals surface area contributed by atoms with E-state index in [0.29, 0.717) is 57.1 Å². The van der Waals surface area contributed by atoms with Crippen molar-refractivity contribution in [3.05, 3.63) is 142 Å². The molecule has 1 N–H and O–H groups in total. The summed E-state index contributed by atoms with van der Waals surface area (Å²) in [6.07, 6.45) is 2.13. The van der Waals surface area contributed by atoms with E-state index in [9.17, 15) is 19.5 Å². The van der Waals surface area contributed by atoms with Gasteiger partial charge in [0.2, 0.25) is 5.60 Å². The van der Waals surface area contributed by atoms with E-state index in [0.717, 1.165) is 11.1 Å². The van der Waals surface area contributed by atoms with Crippen LogP contribution in [0, 0.1) is 10.8 Å². The number of furan rings is 1. The Morgan fingerprint density at radius 2 is 1.27 bits per heavy atom. The lowest BCUT2D eigenvalue weighted by atomic mass is 9.71. The Hall–Kier alpha value is -5.47. The molecule has 0 saturated heterocycles. The predicted molar refractivity (Wildman–Crippen MR) is 195 cm³/mol. The molecule has 0 saturated carbocycles. The maximum Gasteiger partial charge on any atom is 0.312 e. The number of rotatable bonds is 7. The van der Waals surface area contributed by atoms with Crippen LogP contribution in [0.25, 0.3) is 11.1 Å². The lowest BCUT2D eigenvalue weighted by Gasteiger charge is -2.41. The van der Waals surface area contributed by atoms with Gasteiger partial charge in [0.05, 0.1) is 28.2 Å². The number of esters is 2. The summed E-state index contributed by atoms with van der Waals surface area (Å²) >= 11 is 0. The highest BCUT2D eigenvalue weighted by Gasteiger charge is 2.52. The summed E-state index contributed by atoms with van der Waals surface area (Å²) in [6.45, 7) is 10.6. The fraction of sp³-hybridized carbons (Fsp3) is 0.295. The quantitative estimate of drug-likeness (QED) is 0.168. The van der Waals surface area contributed by atoms with Gasteiger partial charge in [0.25, 0.3) is 0 Å². The summed E-state index contributed by atoms with van der Waals surface area (Å²) in [5.74, 6) is 0.380. The molecular formula is C44H42O8. The number of carbonyl (C=O) groups excluding carboxylic acids is 3. The minimum absolute atomic E-state index is 0.131. The van der Waals surface area contributed by atoms with E-state index >= 15 is 0 Å². The Bertz CT molecular complexity index is 2200. The zero-order valence-corrected chi connectivity index (χ0v) is 30.2. The van der Waals surface area contributed by atoms with Crippen LogP contribution in [-0.4, -0.2) is 29.4 Å². The second kappa shape index (κ2) is 12.6. The maximum absolute atomic E-state index is 14.0. The lowest BCUT2D eigenvalue weighted by molar-refractivity contribution is -0.168. The Kier molecular flexibility index (Phi) is 8.49. The smallest absolute Gasteiger partial charge is 0.312 e. The highest BCUT2D eigenvalue weighted by Crippen LogP contribution is 2.54. The molecule has 0 amide bonds. The molecule has 5 aromatic rings. The molecule has 0 fully saturated rings. The van der Waals surface area contributed by atoms with Crippen molar-refractivity contribution in [1.29, 1.82) is 0 Å². The van der Waals surface area contributed by atoms with Gasteiger partial charge in [-0.1, -0.05) is 54.6 Å². The van der Waals surface area contributed by atoms with Crippen LogP contribution in [0.2, 0.25) is 0 Å². The third kappa shape index (κ3) is 5.62. The average molecular weight is 699 g/mol. The van der Waals surface area contributed by atoms with E-state index in [1.165, 1.54) is 0 Å². The topological polar surface area (TPSA) is 112 Å². The van der Waals surface area contributed by atoms with Crippen molar-refractivity contribution >= 4 is 17.7 Å². The summed E-state index contributed by atoms with van der Waals surface area (Å²) in [5, 5.41) is 10.0. The van der Waals surface area contributed by atoms with Crippen LogP contribution < -0.4 is 4.74 Å². The summed E-state index contributed by atoms with van der Waals surface area (Å²) in [7, 11) is 0. The van der Waals surface area contributed by atoms with Crippen LogP contribution in [0.3, 0.4) is 0 Å². The van der Waals surface area contributed by atoms with Crippen molar-refractivity contribution < 1.29 is 38.1 Å². The first-order chi connectivity index (χ1) is 24.7. The zero-order chi connectivity index (χ0) is 37.1. The molecule has 2 heterocycles. The Morgan fingerprint density at radius 1 is 0.673 bits per heavy atom. The van der Waals surface area contributed by atoms with Crippen molar-refractivity contribution in [2.45, 2.75) is 65.6 Å². The third-order valence-electron chi connectivity index (χ3n) is 9.78. The van der Waals surface area contributed by atoms with Gasteiger partial charge in [-0.25, -0.2) is 0 Å². The summed E-state index contributed by atoms with van der Waals surface area (Å²) < 4.78 is 25.6. The Balaban J connectivity index is 1.46. The SMILES string of the molecule is CC(C)(C)C(=O)OC1(CCCO)c2ccccc2C(=O)c2ccc(-c3ccc4c(c3)C(OC(=O)C(C)(C)C)(c3ccco3)c3ccccc3O4)cc21. The Morgan fingerprint density at radius 3 is 1.94 bits per heavy atom. The molecule has 1 aliphatic heterocycles. The van der Waals surface area contributed by atoms with E-state index in [4.69, 9.17) is 18.6 Å². The molecule has 2 aliphatic rings. The van der Waals surface area contributed by atoms with Crippen LogP contribution in [0.15, 0.2) is 108 Å². The van der Waals surface area contributed by atoms with Crippen LogP contribution >= 0.6 is 0 Å². The van der Waals surface area contributed by atoms with Crippen molar-refractivity contribution in [3.8, 4) is 22.6 Å². The van der Waals surface area contributed by atoms with Crippen LogP contribution in [0.5, 0.6) is 11.5 Å². The molecule has 52 heavy (non-hydrogen) atoms. The molecule has 266 valence electrons. The van der Waals surface area contributed by atoms with Crippen molar-refractivity contribution in [1.82, 2.24) is 0 Å². The fourth-order valence-electron chi connectivity index (χ4n) is 7.03. The molecule has 2 atom stereocenters. The van der Waals surface area contributed by atoms with Gasteiger partial charge < -0.3 is 23.7 Å². The molecule has 0 radical (unpaired) electrons. The average Bonchev–Trinajstić information content (AvgIpc) is 3.67. The molecule has 7 rings (SSSR count). The Labute approximate surface area is 303 Å². The molecule has 1 aromatic heterocycles. The molecule has 0 spiro atoms. The van der Waals surface area contributed by atoms with Gasteiger partial charge in [-0.05, 0) is 108 Å². The van der Waals surface area contributed by atoms with Gasteiger partial charge in [-0.15, -0.1) is 0 Å². The number of hydrogen-bond acceptors (Lipinski definition) is 8. The van der Waals surface area contributed by atoms with Crippen LogP contribution in [-0.2, 0) is 30.3 Å². The molecule has 2 unspecified atom stereocenters. The number of benzene rings is 4. The number of carbonyl (C=O) groups is 3. The fourth-order valence-corrected chi connectivity index (χ4v) is 7.03. The minimum Gasteiger partial charge on any atom is -0.464 e. The first-order valence-electron chi connectivity index (χ1n) is 17.5. The second-order valence-corrected chi connectivity index (χ2v) is 15.5. The van der Waals surface area contributed by atoms with E-state index < -0.39 is 34.0 Å². The summed E-state index contributed by atoms with van der Waals surface area (Å²) in [4.78, 5) is 41.6. The van der Waals surface area contributed by atoms with Crippen LogP contribution in [0.1, 0.15) is 98.3 Å². The number of aliphatic hydroxyl groups excluding tert-OH is 1. The largest absolute Gasteiger partial charge is 0.464 e. The third-order valence-corrected chi connectivity index (χ3v) is 9.78. The van der Waals surface area contributed by atoms with Gasteiger partial charge >= 0.3 is 11.9 Å². The normalized spacial score (nSPS) is 19.0.